The predicted octanol–water partition coefficient (Wildman–Crippen LogP) is 1.72. The molecule has 1 aliphatic rings. The Hall–Kier alpha value is -1.22. The molecule has 0 saturated heterocycles. The number of carbonyl (C=O) groups excluding carboxylic acids is 1. The van der Waals surface area contributed by atoms with Crippen LogP contribution in [0.4, 0.5) is 4.39 Å². The molecule has 1 unspecified atom stereocenters. The zero-order valence-corrected chi connectivity index (χ0v) is 8.01. The van der Waals surface area contributed by atoms with Crippen molar-refractivity contribution < 1.29 is 9.18 Å². The van der Waals surface area contributed by atoms with Gasteiger partial charge in [0, 0.05) is 12.1 Å². The average Bonchev–Trinajstić information content (AvgIpc) is 2.28. The van der Waals surface area contributed by atoms with Gasteiger partial charge >= 0.3 is 0 Å². The number of hydrogen-bond acceptors (Lipinski definition) is 2. The maximum Gasteiger partial charge on any atom is 0.176 e. The van der Waals surface area contributed by atoms with Crippen molar-refractivity contribution in [3.05, 3.63) is 35.1 Å². The number of rotatable bonds is 0. The molecule has 1 heterocycles. The maximum absolute atomic E-state index is 13.0. The monoisotopic (exact) mass is 193 g/mol. The molecule has 1 atom stereocenters. The van der Waals surface area contributed by atoms with Crippen LogP contribution in [0, 0.1) is 5.82 Å². The molecule has 2 rings (SSSR count). The molecular weight excluding hydrogens is 181 g/mol. The van der Waals surface area contributed by atoms with Crippen molar-refractivity contribution in [1.82, 2.24) is 5.32 Å². The Balaban J connectivity index is 2.54. The summed E-state index contributed by atoms with van der Waals surface area (Å²) in [6, 6.07) is 4.45. The Morgan fingerprint density at radius 3 is 3.07 bits per heavy atom. The number of Topliss-reactive ketones (excluding diaryl/α,β-unsaturated/α-hetero) is 1. The number of fused-ring (bicyclic) bond motifs is 1. The van der Waals surface area contributed by atoms with Gasteiger partial charge in [0.1, 0.15) is 5.82 Å². The third-order valence-electron chi connectivity index (χ3n) is 2.58. The normalized spacial score (nSPS) is 21.6. The Kier molecular flexibility index (Phi) is 2.33. The summed E-state index contributed by atoms with van der Waals surface area (Å²) in [5.74, 6) is -0.105. The molecule has 1 N–H and O–H groups in total. The fourth-order valence-electron chi connectivity index (χ4n) is 1.81. The number of ketones is 1. The van der Waals surface area contributed by atoms with E-state index in [1.165, 1.54) is 12.1 Å². The summed E-state index contributed by atoms with van der Waals surface area (Å²) in [7, 11) is 0. The first kappa shape index (κ1) is 9.34. The minimum atomic E-state index is -0.341. The van der Waals surface area contributed by atoms with Crippen molar-refractivity contribution in [2.75, 3.05) is 13.1 Å². The lowest BCUT2D eigenvalue weighted by atomic mass is 9.95. The van der Waals surface area contributed by atoms with Crippen molar-refractivity contribution in [1.29, 1.82) is 0 Å². The summed E-state index contributed by atoms with van der Waals surface area (Å²) < 4.78 is 13.0. The second-order valence-corrected chi connectivity index (χ2v) is 3.69. The molecule has 0 saturated carbocycles. The fraction of sp³-hybridized carbons (Fsp3) is 0.364. The molecule has 2 nitrogen and oxygen atoms in total. The highest BCUT2D eigenvalue weighted by Crippen LogP contribution is 2.22. The van der Waals surface area contributed by atoms with E-state index in [-0.39, 0.29) is 17.5 Å². The van der Waals surface area contributed by atoms with Gasteiger partial charge in [-0.15, -0.1) is 0 Å². The quantitative estimate of drug-likeness (QED) is 0.679. The van der Waals surface area contributed by atoms with Crippen molar-refractivity contribution in [3.8, 4) is 0 Å². The Bertz CT molecular complexity index is 376. The first-order valence-corrected chi connectivity index (χ1v) is 4.72. The van der Waals surface area contributed by atoms with E-state index in [1.54, 1.807) is 6.07 Å². The molecule has 0 amide bonds. The lowest BCUT2D eigenvalue weighted by molar-refractivity contribution is 0.0993. The van der Waals surface area contributed by atoms with E-state index in [0.717, 1.165) is 12.1 Å². The molecule has 74 valence electrons. The van der Waals surface area contributed by atoms with Gasteiger partial charge in [-0.25, -0.2) is 4.39 Å². The molecule has 0 radical (unpaired) electrons. The summed E-state index contributed by atoms with van der Waals surface area (Å²) in [5.41, 5.74) is 1.48. The number of nitrogens with one attached hydrogen (secondary N) is 1. The Morgan fingerprint density at radius 2 is 2.29 bits per heavy atom. The van der Waals surface area contributed by atoms with Crippen LogP contribution in [-0.2, 0) is 0 Å². The number of carbonyl (C=O) groups is 1. The van der Waals surface area contributed by atoms with Gasteiger partial charge < -0.3 is 5.32 Å². The van der Waals surface area contributed by atoms with Crippen molar-refractivity contribution in [2.45, 2.75) is 12.8 Å². The molecule has 0 fully saturated rings. The smallest absolute Gasteiger partial charge is 0.176 e. The SMILES string of the molecule is CC1CNCC(=O)c2cc(F)ccc21. The molecule has 3 heteroatoms. The van der Waals surface area contributed by atoms with Gasteiger partial charge in [0.2, 0.25) is 0 Å². The van der Waals surface area contributed by atoms with Crippen molar-refractivity contribution >= 4 is 5.78 Å². The lowest BCUT2D eigenvalue weighted by Gasteiger charge is -2.10. The summed E-state index contributed by atoms with van der Waals surface area (Å²) in [4.78, 5) is 11.6. The molecule has 1 aromatic carbocycles. The van der Waals surface area contributed by atoms with Gasteiger partial charge in [0.25, 0.3) is 0 Å². The second-order valence-electron chi connectivity index (χ2n) is 3.69. The summed E-state index contributed by atoms with van der Waals surface area (Å²) in [6.07, 6.45) is 0. The first-order chi connectivity index (χ1) is 6.68. The van der Waals surface area contributed by atoms with Crippen LogP contribution < -0.4 is 5.32 Å². The van der Waals surface area contributed by atoms with E-state index in [2.05, 4.69) is 5.32 Å². The van der Waals surface area contributed by atoms with Crippen molar-refractivity contribution in [2.24, 2.45) is 0 Å². The minimum absolute atomic E-state index is 0.0242. The first-order valence-electron chi connectivity index (χ1n) is 4.72. The minimum Gasteiger partial charge on any atom is -0.309 e. The van der Waals surface area contributed by atoms with E-state index in [9.17, 15) is 9.18 Å². The molecule has 1 aliphatic heterocycles. The number of benzene rings is 1. The van der Waals surface area contributed by atoms with E-state index in [0.29, 0.717) is 12.1 Å². The van der Waals surface area contributed by atoms with Crippen LogP contribution in [0.15, 0.2) is 18.2 Å². The van der Waals surface area contributed by atoms with Crippen LogP contribution in [0.5, 0.6) is 0 Å². The van der Waals surface area contributed by atoms with E-state index < -0.39 is 0 Å². The predicted molar refractivity (Wildman–Crippen MR) is 52.0 cm³/mol. The van der Waals surface area contributed by atoms with Gasteiger partial charge in [0.05, 0.1) is 6.54 Å². The third kappa shape index (κ3) is 1.55. The molecule has 14 heavy (non-hydrogen) atoms. The highest BCUT2D eigenvalue weighted by molar-refractivity contribution is 5.99. The van der Waals surface area contributed by atoms with Crippen LogP contribution in [0.25, 0.3) is 0 Å². The van der Waals surface area contributed by atoms with Crippen LogP contribution in [-0.4, -0.2) is 18.9 Å². The zero-order chi connectivity index (χ0) is 10.1. The number of hydrogen-bond donors (Lipinski definition) is 1. The molecule has 0 spiro atoms. The Labute approximate surface area is 82.1 Å². The average molecular weight is 193 g/mol. The topological polar surface area (TPSA) is 29.1 Å². The van der Waals surface area contributed by atoms with Gasteiger partial charge in [0.15, 0.2) is 5.78 Å². The van der Waals surface area contributed by atoms with Gasteiger partial charge in [-0.1, -0.05) is 13.0 Å². The van der Waals surface area contributed by atoms with E-state index >= 15 is 0 Å². The summed E-state index contributed by atoms with van der Waals surface area (Å²) in [5, 5.41) is 3.04. The van der Waals surface area contributed by atoms with Gasteiger partial charge in [-0.2, -0.15) is 0 Å². The molecule has 0 aliphatic carbocycles. The Morgan fingerprint density at radius 1 is 1.50 bits per heavy atom. The zero-order valence-electron chi connectivity index (χ0n) is 8.01. The van der Waals surface area contributed by atoms with Crippen molar-refractivity contribution in [3.63, 3.8) is 0 Å². The van der Waals surface area contributed by atoms with Crippen LogP contribution in [0.1, 0.15) is 28.8 Å². The van der Waals surface area contributed by atoms with E-state index in [4.69, 9.17) is 0 Å². The number of halogens is 1. The molecule has 0 aromatic heterocycles. The summed E-state index contributed by atoms with van der Waals surface area (Å²) in [6.45, 7) is 3.10. The fourth-order valence-corrected chi connectivity index (χ4v) is 1.81. The van der Waals surface area contributed by atoms with Crippen LogP contribution in [0.3, 0.4) is 0 Å². The van der Waals surface area contributed by atoms with Gasteiger partial charge in [-0.3, -0.25) is 4.79 Å². The maximum atomic E-state index is 13.0. The standard InChI is InChI=1S/C11H12FNO/c1-7-5-13-6-11(14)10-4-8(12)2-3-9(7)10/h2-4,7,13H,5-6H2,1H3. The highest BCUT2D eigenvalue weighted by Gasteiger charge is 2.20. The molecular formula is C11H12FNO. The van der Waals surface area contributed by atoms with Gasteiger partial charge in [-0.05, 0) is 23.6 Å². The second kappa shape index (κ2) is 3.50. The highest BCUT2D eigenvalue weighted by atomic mass is 19.1. The third-order valence-corrected chi connectivity index (χ3v) is 2.58. The molecule has 1 aromatic rings. The van der Waals surface area contributed by atoms with E-state index in [1.807, 2.05) is 6.92 Å². The lowest BCUT2D eigenvalue weighted by Crippen LogP contribution is -2.22. The summed E-state index contributed by atoms with van der Waals surface area (Å²) >= 11 is 0. The van der Waals surface area contributed by atoms with Crippen LogP contribution in [0.2, 0.25) is 0 Å². The molecule has 0 bridgehead atoms. The largest absolute Gasteiger partial charge is 0.309 e. The van der Waals surface area contributed by atoms with Crippen LogP contribution >= 0.6 is 0 Å².